The van der Waals surface area contributed by atoms with E-state index in [9.17, 15) is 4.79 Å². The van der Waals surface area contributed by atoms with Gasteiger partial charge < -0.3 is 15.5 Å². The van der Waals surface area contributed by atoms with Crippen molar-refractivity contribution in [3.05, 3.63) is 29.8 Å². The lowest BCUT2D eigenvalue weighted by Crippen LogP contribution is -2.45. The quantitative estimate of drug-likeness (QED) is 0.693. The second-order valence-electron chi connectivity index (χ2n) is 7.32. The lowest BCUT2D eigenvalue weighted by Gasteiger charge is -2.29. The predicted molar refractivity (Wildman–Crippen MR) is 112 cm³/mol. The summed E-state index contributed by atoms with van der Waals surface area (Å²) < 4.78 is -0.260. The average molecular weight is 398 g/mol. The molecule has 0 bridgehead atoms. The molecule has 146 valence electrons. The van der Waals surface area contributed by atoms with Gasteiger partial charge in [-0.3, -0.25) is 4.79 Å². The van der Waals surface area contributed by atoms with Gasteiger partial charge in [0.1, 0.15) is 0 Å². The number of aryl methyl sites for hydroxylation is 1. The number of piperazine rings is 1. The van der Waals surface area contributed by atoms with E-state index >= 15 is 0 Å². The Labute approximate surface area is 168 Å². The molecule has 1 aromatic carbocycles. The molecule has 1 amide bonds. The lowest BCUT2D eigenvalue weighted by molar-refractivity contribution is -0.123. The van der Waals surface area contributed by atoms with E-state index in [1.807, 2.05) is 0 Å². The third-order valence-corrected chi connectivity index (χ3v) is 6.80. The number of halogens is 1. The molecule has 1 aromatic rings. The number of thioether (sulfide) groups is 1. The van der Waals surface area contributed by atoms with Crippen molar-refractivity contribution >= 4 is 30.1 Å². The first kappa shape index (κ1) is 21.5. The van der Waals surface area contributed by atoms with Gasteiger partial charge in [-0.1, -0.05) is 30.5 Å². The van der Waals surface area contributed by atoms with E-state index in [-0.39, 0.29) is 23.1 Å². The summed E-state index contributed by atoms with van der Waals surface area (Å²) in [5.41, 5.74) is 1.27. The zero-order valence-corrected chi connectivity index (χ0v) is 17.4. The fourth-order valence-electron chi connectivity index (χ4n) is 3.75. The summed E-state index contributed by atoms with van der Waals surface area (Å²) in [6.07, 6.45) is 5.35. The fourth-order valence-corrected chi connectivity index (χ4v) is 5.13. The number of benzene rings is 1. The second kappa shape index (κ2) is 10.5. The standard InChI is InChI=1S/C20H31N3OS.ClH/c1-17-5-7-18(8-6-17)25-20(9-2-3-10-20)19(24)22-11-4-14-23-15-12-21-13-16-23;/h5-8,21H,2-4,9-16H2,1H3,(H,22,24);1H. The first-order valence-electron chi connectivity index (χ1n) is 9.65. The highest BCUT2D eigenvalue weighted by atomic mass is 35.5. The lowest BCUT2D eigenvalue weighted by atomic mass is 10.1. The van der Waals surface area contributed by atoms with Gasteiger partial charge in [-0.05, 0) is 44.9 Å². The van der Waals surface area contributed by atoms with E-state index in [4.69, 9.17) is 0 Å². The van der Waals surface area contributed by atoms with E-state index in [1.165, 1.54) is 10.5 Å². The number of nitrogens with one attached hydrogen (secondary N) is 2. The monoisotopic (exact) mass is 397 g/mol. The minimum atomic E-state index is -0.260. The van der Waals surface area contributed by atoms with Gasteiger partial charge >= 0.3 is 0 Å². The maximum Gasteiger partial charge on any atom is 0.236 e. The van der Waals surface area contributed by atoms with E-state index in [0.29, 0.717) is 0 Å². The predicted octanol–water partition coefficient (Wildman–Crippen LogP) is 3.23. The van der Waals surface area contributed by atoms with E-state index in [1.54, 1.807) is 11.8 Å². The number of carbonyl (C=O) groups is 1. The Balaban J connectivity index is 0.00000243. The van der Waals surface area contributed by atoms with Crippen molar-refractivity contribution < 1.29 is 4.79 Å². The molecule has 0 atom stereocenters. The molecule has 2 N–H and O–H groups in total. The van der Waals surface area contributed by atoms with Gasteiger partial charge in [0.2, 0.25) is 5.91 Å². The van der Waals surface area contributed by atoms with Gasteiger partial charge in [0.15, 0.2) is 0 Å². The molecule has 0 unspecified atom stereocenters. The Morgan fingerprint density at radius 2 is 1.85 bits per heavy atom. The fraction of sp³-hybridized carbons (Fsp3) is 0.650. The molecule has 1 saturated carbocycles. The van der Waals surface area contributed by atoms with Gasteiger partial charge in [0, 0.05) is 37.6 Å². The summed E-state index contributed by atoms with van der Waals surface area (Å²) in [4.78, 5) is 16.6. The molecular weight excluding hydrogens is 366 g/mol. The first-order chi connectivity index (χ1) is 12.2. The Morgan fingerprint density at radius 1 is 1.19 bits per heavy atom. The normalized spacial score (nSPS) is 19.7. The highest BCUT2D eigenvalue weighted by Crippen LogP contribution is 2.45. The van der Waals surface area contributed by atoms with Gasteiger partial charge in [0.05, 0.1) is 4.75 Å². The van der Waals surface area contributed by atoms with Crippen molar-refractivity contribution in [1.29, 1.82) is 0 Å². The molecule has 2 fully saturated rings. The van der Waals surface area contributed by atoms with Crippen LogP contribution >= 0.6 is 24.2 Å². The zero-order valence-electron chi connectivity index (χ0n) is 15.8. The summed E-state index contributed by atoms with van der Waals surface area (Å²) in [6.45, 7) is 8.40. The molecule has 1 aliphatic heterocycles. The maximum atomic E-state index is 12.9. The molecule has 0 aromatic heterocycles. The van der Waals surface area contributed by atoms with Crippen LogP contribution in [0, 0.1) is 6.92 Å². The van der Waals surface area contributed by atoms with Crippen LogP contribution in [0.25, 0.3) is 0 Å². The number of amides is 1. The molecule has 1 aliphatic carbocycles. The Kier molecular flexibility index (Phi) is 8.74. The Morgan fingerprint density at radius 3 is 2.50 bits per heavy atom. The van der Waals surface area contributed by atoms with Crippen molar-refractivity contribution in [3.63, 3.8) is 0 Å². The van der Waals surface area contributed by atoms with Crippen molar-refractivity contribution in [2.24, 2.45) is 0 Å². The van der Waals surface area contributed by atoms with Crippen LogP contribution in [0.15, 0.2) is 29.2 Å². The van der Waals surface area contributed by atoms with E-state index < -0.39 is 0 Å². The van der Waals surface area contributed by atoms with Crippen LogP contribution in [0.2, 0.25) is 0 Å². The number of carbonyl (C=O) groups excluding carboxylic acids is 1. The Hall–Kier alpha value is -0.750. The molecule has 0 radical (unpaired) electrons. The minimum Gasteiger partial charge on any atom is -0.355 e. The second-order valence-corrected chi connectivity index (χ2v) is 8.77. The molecule has 1 saturated heterocycles. The molecule has 4 nitrogen and oxygen atoms in total. The average Bonchev–Trinajstić information content (AvgIpc) is 3.11. The highest BCUT2D eigenvalue weighted by molar-refractivity contribution is 8.01. The summed E-state index contributed by atoms with van der Waals surface area (Å²) in [5, 5.41) is 6.61. The molecule has 1 heterocycles. The maximum absolute atomic E-state index is 12.9. The van der Waals surface area contributed by atoms with Crippen LogP contribution in [0.5, 0.6) is 0 Å². The summed E-state index contributed by atoms with van der Waals surface area (Å²) >= 11 is 1.77. The minimum absolute atomic E-state index is 0. The van der Waals surface area contributed by atoms with Gasteiger partial charge in [-0.2, -0.15) is 0 Å². The SMILES string of the molecule is Cc1ccc(SC2(C(=O)NCCCN3CCNCC3)CCCC2)cc1.Cl. The van der Waals surface area contributed by atoms with E-state index in [2.05, 4.69) is 46.7 Å². The summed E-state index contributed by atoms with van der Waals surface area (Å²) in [5.74, 6) is 0.246. The van der Waals surface area contributed by atoms with Crippen LogP contribution < -0.4 is 10.6 Å². The Bertz CT molecular complexity index is 555. The molecular formula is C20H32ClN3OS. The van der Waals surface area contributed by atoms with Crippen molar-refractivity contribution in [3.8, 4) is 0 Å². The summed E-state index contributed by atoms with van der Waals surface area (Å²) in [7, 11) is 0. The molecule has 0 spiro atoms. The van der Waals surface area contributed by atoms with Crippen LogP contribution in [-0.2, 0) is 4.79 Å². The topological polar surface area (TPSA) is 44.4 Å². The number of rotatable bonds is 7. The number of hydrogen-bond donors (Lipinski definition) is 2. The zero-order chi connectivity index (χ0) is 17.5. The van der Waals surface area contributed by atoms with Gasteiger partial charge in [-0.25, -0.2) is 0 Å². The van der Waals surface area contributed by atoms with Gasteiger partial charge in [0.25, 0.3) is 0 Å². The third-order valence-electron chi connectivity index (χ3n) is 5.31. The smallest absolute Gasteiger partial charge is 0.236 e. The first-order valence-corrected chi connectivity index (χ1v) is 10.5. The molecule has 26 heavy (non-hydrogen) atoms. The molecule has 3 rings (SSSR count). The largest absolute Gasteiger partial charge is 0.355 e. The number of nitrogens with zero attached hydrogens (tertiary/aromatic N) is 1. The molecule has 6 heteroatoms. The van der Waals surface area contributed by atoms with E-state index in [0.717, 1.165) is 71.4 Å². The van der Waals surface area contributed by atoms with Gasteiger partial charge in [-0.15, -0.1) is 24.2 Å². The summed E-state index contributed by atoms with van der Waals surface area (Å²) in [6, 6.07) is 8.57. The van der Waals surface area contributed by atoms with Crippen molar-refractivity contribution in [1.82, 2.24) is 15.5 Å². The van der Waals surface area contributed by atoms with Crippen LogP contribution in [-0.4, -0.2) is 54.8 Å². The van der Waals surface area contributed by atoms with Crippen molar-refractivity contribution in [2.45, 2.75) is 48.7 Å². The van der Waals surface area contributed by atoms with Crippen molar-refractivity contribution in [2.75, 3.05) is 39.3 Å². The number of hydrogen-bond acceptors (Lipinski definition) is 4. The van der Waals surface area contributed by atoms with Crippen LogP contribution in [0.1, 0.15) is 37.7 Å². The third kappa shape index (κ3) is 5.88. The highest BCUT2D eigenvalue weighted by Gasteiger charge is 2.41. The molecule has 2 aliphatic rings. The van der Waals surface area contributed by atoms with Crippen LogP contribution in [0.4, 0.5) is 0 Å². The van der Waals surface area contributed by atoms with Crippen LogP contribution in [0.3, 0.4) is 0 Å².